The van der Waals surface area contributed by atoms with Crippen LogP contribution in [-0.2, 0) is 18.4 Å². The van der Waals surface area contributed by atoms with Gasteiger partial charge in [-0.1, -0.05) is 35.0 Å². The topological polar surface area (TPSA) is 81.9 Å². The van der Waals surface area contributed by atoms with Crippen LogP contribution in [0.1, 0.15) is 11.4 Å². The quantitative estimate of drug-likeness (QED) is 0.559. The fraction of sp³-hybridized carbons (Fsp3) is 0.222. The summed E-state index contributed by atoms with van der Waals surface area (Å²) in [6, 6.07) is 8.73. The van der Waals surface area contributed by atoms with Gasteiger partial charge >= 0.3 is 0 Å². The number of carbonyl (C=O) groups excluding carboxylic acids is 1. The molecule has 0 aliphatic heterocycles. The molecule has 146 valence electrons. The van der Waals surface area contributed by atoms with Crippen LogP contribution in [0.3, 0.4) is 0 Å². The fourth-order valence-corrected chi connectivity index (χ4v) is 3.34. The minimum absolute atomic E-state index is 0.174. The summed E-state index contributed by atoms with van der Waals surface area (Å²) in [5.74, 6) is 1.80. The second kappa shape index (κ2) is 9.27. The molecule has 1 N–H and O–H groups in total. The number of pyridine rings is 1. The van der Waals surface area contributed by atoms with Gasteiger partial charge in [0.2, 0.25) is 5.91 Å². The first-order valence-electron chi connectivity index (χ1n) is 8.24. The Morgan fingerprint density at radius 2 is 2.00 bits per heavy atom. The molecule has 0 fully saturated rings. The molecule has 1 amide bonds. The van der Waals surface area contributed by atoms with E-state index in [1.165, 1.54) is 18.0 Å². The average Bonchev–Trinajstić information content (AvgIpc) is 3.01. The predicted octanol–water partition coefficient (Wildman–Crippen LogP) is 4.14. The van der Waals surface area contributed by atoms with E-state index in [1.807, 2.05) is 26.1 Å². The van der Waals surface area contributed by atoms with Crippen molar-refractivity contribution in [3.05, 3.63) is 58.0 Å². The monoisotopic (exact) mass is 437 g/mol. The molecule has 2 heterocycles. The first-order valence-corrected chi connectivity index (χ1v) is 9.98. The number of hydrogen-bond donors (Lipinski definition) is 1. The number of amides is 1. The third kappa shape index (κ3) is 5.37. The Bertz CT molecular complexity index is 979. The number of rotatable bonds is 7. The van der Waals surface area contributed by atoms with Gasteiger partial charge < -0.3 is 14.6 Å². The van der Waals surface area contributed by atoms with Crippen LogP contribution in [0.15, 0.2) is 41.7 Å². The smallest absolute Gasteiger partial charge is 0.236 e. The van der Waals surface area contributed by atoms with Crippen molar-refractivity contribution in [1.29, 1.82) is 0 Å². The van der Waals surface area contributed by atoms with Gasteiger partial charge in [0.05, 0.1) is 10.8 Å². The number of nitrogens with one attached hydrogen (secondary N) is 1. The maximum absolute atomic E-state index is 12.1. The molecule has 0 bridgehead atoms. The molecular weight excluding hydrogens is 421 g/mol. The summed E-state index contributed by atoms with van der Waals surface area (Å²) in [4.78, 5) is 16.1. The average molecular weight is 438 g/mol. The molecule has 0 aliphatic rings. The number of anilines is 1. The van der Waals surface area contributed by atoms with Gasteiger partial charge in [-0.15, -0.1) is 10.2 Å². The molecule has 0 spiro atoms. The number of aromatic nitrogens is 4. The van der Waals surface area contributed by atoms with Crippen molar-refractivity contribution >= 4 is 46.7 Å². The molecule has 0 atom stereocenters. The van der Waals surface area contributed by atoms with Crippen LogP contribution in [-0.4, -0.2) is 31.4 Å². The lowest BCUT2D eigenvalue weighted by Gasteiger charge is -2.09. The zero-order valence-corrected chi connectivity index (χ0v) is 17.5. The molecule has 0 radical (unpaired) electrons. The maximum atomic E-state index is 12.1. The molecule has 1 aromatic carbocycles. The standard InChI is InChI=1S/C18H17Cl2N5O2S/c1-11-7-12(19)3-5-14(11)27-9-16-23-24-18(25(16)2)28-10-17(26)22-15-6-4-13(20)8-21-15/h3-8H,9-10H2,1-2H3,(H,21,22,26). The minimum atomic E-state index is -0.197. The Labute approximate surface area is 176 Å². The highest BCUT2D eigenvalue weighted by molar-refractivity contribution is 7.99. The molecule has 0 unspecified atom stereocenters. The minimum Gasteiger partial charge on any atom is -0.485 e. The Kier molecular flexibility index (Phi) is 6.77. The number of halogens is 2. The molecule has 10 heteroatoms. The number of carbonyl (C=O) groups is 1. The van der Waals surface area contributed by atoms with Crippen LogP contribution in [0.4, 0.5) is 5.82 Å². The zero-order chi connectivity index (χ0) is 20.1. The second-order valence-corrected chi connectivity index (χ2v) is 7.67. The van der Waals surface area contributed by atoms with Crippen molar-refractivity contribution in [2.24, 2.45) is 7.05 Å². The van der Waals surface area contributed by atoms with Gasteiger partial charge in [-0.2, -0.15) is 0 Å². The molecular formula is C18H17Cl2N5O2S. The molecule has 0 saturated carbocycles. The van der Waals surface area contributed by atoms with Gasteiger partial charge in [-0.3, -0.25) is 4.79 Å². The normalized spacial score (nSPS) is 10.7. The van der Waals surface area contributed by atoms with Crippen LogP contribution in [0.25, 0.3) is 0 Å². The van der Waals surface area contributed by atoms with E-state index in [2.05, 4.69) is 20.5 Å². The van der Waals surface area contributed by atoms with Crippen molar-refractivity contribution in [2.45, 2.75) is 18.7 Å². The van der Waals surface area contributed by atoms with E-state index < -0.39 is 0 Å². The van der Waals surface area contributed by atoms with Crippen LogP contribution in [0.2, 0.25) is 10.0 Å². The third-order valence-corrected chi connectivity index (χ3v) is 5.22. The highest BCUT2D eigenvalue weighted by Crippen LogP contribution is 2.23. The summed E-state index contributed by atoms with van der Waals surface area (Å²) >= 11 is 13.0. The van der Waals surface area contributed by atoms with E-state index in [9.17, 15) is 4.79 Å². The van der Waals surface area contributed by atoms with Crippen molar-refractivity contribution in [3.63, 3.8) is 0 Å². The van der Waals surface area contributed by atoms with Crippen molar-refractivity contribution in [2.75, 3.05) is 11.1 Å². The lowest BCUT2D eigenvalue weighted by atomic mass is 10.2. The Morgan fingerprint density at radius 1 is 1.21 bits per heavy atom. The van der Waals surface area contributed by atoms with Gasteiger partial charge in [0.15, 0.2) is 11.0 Å². The lowest BCUT2D eigenvalue weighted by molar-refractivity contribution is -0.113. The van der Waals surface area contributed by atoms with E-state index in [0.717, 1.165) is 11.3 Å². The van der Waals surface area contributed by atoms with Crippen LogP contribution >= 0.6 is 35.0 Å². The summed E-state index contributed by atoms with van der Waals surface area (Å²) in [5, 5.41) is 12.7. The molecule has 7 nitrogen and oxygen atoms in total. The summed E-state index contributed by atoms with van der Waals surface area (Å²) < 4.78 is 7.59. The number of ether oxygens (including phenoxy) is 1. The van der Waals surface area contributed by atoms with Gasteiger partial charge in [0.1, 0.15) is 18.2 Å². The second-order valence-electron chi connectivity index (χ2n) is 5.85. The number of hydrogen-bond acceptors (Lipinski definition) is 6. The molecule has 0 aliphatic carbocycles. The van der Waals surface area contributed by atoms with E-state index in [1.54, 1.807) is 22.8 Å². The predicted molar refractivity (Wildman–Crippen MR) is 110 cm³/mol. The van der Waals surface area contributed by atoms with Crippen LogP contribution in [0, 0.1) is 6.92 Å². The SMILES string of the molecule is Cc1cc(Cl)ccc1OCc1nnc(SCC(=O)Nc2ccc(Cl)cn2)n1C. The van der Waals surface area contributed by atoms with Crippen LogP contribution < -0.4 is 10.1 Å². The molecule has 28 heavy (non-hydrogen) atoms. The van der Waals surface area contributed by atoms with Gasteiger partial charge in [-0.05, 0) is 42.8 Å². The molecule has 2 aromatic heterocycles. The first kappa shape index (κ1) is 20.4. The largest absolute Gasteiger partial charge is 0.485 e. The highest BCUT2D eigenvalue weighted by atomic mass is 35.5. The first-order chi connectivity index (χ1) is 13.4. The summed E-state index contributed by atoms with van der Waals surface area (Å²) in [6.07, 6.45) is 1.47. The Hall–Kier alpha value is -2.29. The van der Waals surface area contributed by atoms with Gasteiger partial charge in [-0.25, -0.2) is 4.98 Å². The highest BCUT2D eigenvalue weighted by Gasteiger charge is 2.13. The fourth-order valence-electron chi connectivity index (χ4n) is 2.27. The number of nitrogens with zero attached hydrogens (tertiary/aromatic N) is 4. The third-order valence-electron chi connectivity index (χ3n) is 3.75. The molecule has 0 saturated heterocycles. The van der Waals surface area contributed by atoms with Gasteiger partial charge in [0, 0.05) is 18.3 Å². The number of aryl methyl sites for hydroxylation is 1. The number of thioether (sulfide) groups is 1. The lowest BCUT2D eigenvalue weighted by Crippen LogP contribution is -2.15. The van der Waals surface area contributed by atoms with Crippen molar-refractivity contribution < 1.29 is 9.53 Å². The maximum Gasteiger partial charge on any atom is 0.236 e. The Balaban J connectivity index is 1.54. The summed E-state index contributed by atoms with van der Waals surface area (Å²) in [7, 11) is 1.83. The Morgan fingerprint density at radius 3 is 2.71 bits per heavy atom. The van der Waals surface area contributed by atoms with Crippen molar-refractivity contribution in [3.8, 4) is 5.75 Å². The van der Waals surface area contributed by atoms with E-state index in [-0.39, 0.29) is 18.3 Å². The molecule has 3 aromatic rings. The van der Waals surface area contributed by atoms with Crippen LogP contribution in [0.5, 0.6) is 5.75 Å². The zero-order valence-electron chi connectivity index (χ0n) is 15.1. The van der Waals surface area contributed by atoms with E-state index >= 15 is 0 Å². The van der Waals surface area contributed by atoms with Gasteiger partial charge in [0.25, 0.3) is 0 Å². The van der Waals surface area contributed by atoms with E-state index in [0.29, 0.717) is 26.8 Å². The summed E-state index contributed by atoms with van der Waals surface area (Å²) in [6.45, 7) is 2.18. The van der Waals surface area contributed by atoms with E-state index in [4.69, 9.17) is 27.9 Å². The van der Waals surface area contributed by atoms with Crippen molar-refractivity contribution in [1.82, 2.24) is 19.7 Å². The summed E-state index contributed by atoms with van der Waals surface area (Å²) in [5.41, 5.74) is 0.941. The molecule has 3 rings (SSSR count). The number of benzene rings is 1.